The first-order valence-corrected chi connectivity index (χ1v) is 9.80. The van der Waals surface area contributed by atoms with Crippen molar-refractivity contribution in [2.24, 2.45) is 0 Å². The summed E-state index contributed by atoms with van der Waals surface area (Å²) in [6.45, 7) is 4.58. The second kappa shape index (κ2) is 8.00. The number of rotatable bonds is 6. The Bertz CT molecular complexity index is 978. The lowest BCUT2D eigenvalue weighted by molar-refractivity contribution is -0.113. The molecule has 0 spiro atoms. The quantitative estimate of drug-likeness (QED) is 0.533. The number of anilines is 1. The fourth-order valence-electron chi connectivity index (χ4n) is 2.91. The Kier molecular flexibility index (Phi) is 5.26. The monoisotopic (exact) mass is 410 g/mol. The summed E-state index contributed by atoms with van der Waals surface area (Å²) in [5, 5.41) is -0.409. The summed E-state index contributed by atoms with van der Waals surface area (Å²) in [5.41, 5.74) is 1.29. The van der Waals surface area contributed by atoms with E-state index >= 15 is 0 Å². The van der Waals surface area contributed by atoms with E-state index in [1.165, 1.54) is 0 Å². The van der Waals surface area contributed by atoms with Gasteiger partial charge in [0.2, 0.25) is 0 Å². The van der Waals surface area contributed by atoms with Gasteiger partial charge in [0, 0.05) is 6.54 Å². The van der Waals surface area contributed by atoms with Gasteiger partial charge in [-0.2, -0.15) is 0 Å². The third kappa shape index (κ3) is 4.12. The molecule has 2 aromatic rings. The Morgan fingerprint density at radius 2 is 1.83 bits per heavy atom. The van der Waals surface area contributed by atoms with E-state index in [0.29, 0.717) is 18.0 Å². The van der Waals surface area contributed by atoms with Gasteiger partial charge in [-0.05, 0) is 29.5 Å². The molecular formula is C21H18N2O5S. The SMILES string of the molecule is C=C1SC(=O)N(c2ccccc2OC[C@@H]2CN2C(=O)OCc2ccccc2)C1=O. The van der Waals surface area contributed by atoms with Crippen LogP contribution in [-0.4, -0.2) is 41.3 Å². The number of amides is 3. The van der Waals surface area contributed by atoms with Gasteiger partial charge in [0.1, 0.15) is 19.0 Å². The smallest absolute Gasteiger partial charge is 0.410 e. The third-order valence-electron chi connectivity index (χ3n) is 4.53. The number of thioether (sulfide) groups is 1. The highest BCUT2D eigenvalue weighted by Gasteiger charge is 2.41. The molecule has 1 atom stereocenters. The van der Waals surface area contributed by atoms with Crippen molar-refractivity contribution in [3.05, 3.63) is 71.6 Å². The minimum atomic E-state index is -0.450. The molecule has 0 aliphatic carbocycles. The summed E-state index contributed by atoms with van der Waals surface area (Å²) in [7, 11) is 0. The van der Waals surface area contributed by atoms with Crippen LogP contribution in [0.2, 0.25) is 0 Å². The molecule has 0 radical (unpaired) electrons. The molecule has 148 valence electrons. The van der Waals surface area contributed by atoms with Gasteiger partial charge < -0.3 is 9.47 Å². The standard InChI is InChI=1S/C21H18N2O5S/c1-14-19(24)23(21(26)29-14)17-9-5-6-10-18(17)27-13-16-11-22(16)20(25)28-12-15-7-3-2-4-8-15/h2-10,16H,1,11-13H2/t16-,22?/m0/s1. The van der Waals surface area contributed by atoms with Crippen molar-refractivity contribution in [1.82, 2.24) is 4.90 Å². The van der Waals surface area contributed by atoms with Crippen molar-refractivity contribution in [3.63, 3.8) is 0 Å². The van der Waals surface area contributed by atoms with Crippen LogP contribution < -0.4 is 9.64 Å². The maximum atomic E-state index is 12.2. The van der Waals surface area contributed by atoms with Gasteiger partial charge in [0.15, 0.2) is 0 Å². The maximum absolute atomic E-state index is 12.2. The highest BCUT2D eigenvalue weighted by molar-refractivity contribution is 8.18. The van der Waals surface area contributed by atoms with Gasteiger partial charge in [-0.25, -0.2) is 9.69 Å². The summed E-state index contributed by atoms with van der Waals surface area (Å²) in [5.74, 6) is -0.0532. The van der Waals surface area contributed by atoms with Gasteiger partial charge >= 0.3 is 6.09 Å². The van der Waals surface area contributed by atoms with Gasteiger partial charge in [0.05, 0.1) is 16.6 Å². The van der Waals surface area contributed by atoms with E-state index in [-0.39, 0.29) is 24.2 Å². The van der Waals surface area contributed by atoms with Crippen molar-refractivity contribution in [2.45, 2.75) is 12.6 Å². The summed E-state index contributed by atoms with van der Waals surface area (Å²) in [4.78, 5) is 39.3. The molecule has 0 saturated carbocycles. The maximum Gasteiger partial charge on any atom is 0.410 e. The van der Waals surface area contributed by atoms with E-state index in [9.17, 15) is 14.4 Å². The highest BCUT2D eigenvalue weighted by atomic mass is 32.2. The Morgan fingerprint density at radius 3 is 2.55 bits per heavy atom. The minimum Gasteiger partial charge on any atom is -0.489 e. The van der Waals surface area contributed by atoms with Crippen molar-refractivity contribution in [3.8, 4) is 5.75 Å². The number of hydrogen-bond acceptors (Lipinski definition) is 6. The lowest BCUT2D eigenvalue weighted by Crippen LogP contribution is -2.28. The molecule has 8 heteroatoms. The van der Waals surface area contributed by atoms with Crippen LogP contribution in [0.25, 0.3) is 0 Å². The van der Waals surface area contributed by atoms with Crippen LogP contribution in [0.4, 0.5) is 15.3 Å². The van der Waals surface area contributed by atoms with Crippen LogP contribution in [0, 0.1) is 0 Å². The number of para-hydroxylation sites is 2. The molecule has 2 aliphatic rings. The van der Waals surface area contributed by atoms with E-state index in [4.69, 9.17) is 9.47 Å². The zero-order valence-corrected chi connectivity index (χ0v) is 16.3. The largest absolute Gasteiger partial charge is 0.489 e. The number of ether oxygens (including phenoxy) is 2. The second-order valence-electron chi connectivity index (χ2n) is 6.56. The Morgan fingerprint density at radius 1 is 1.10 bits per heavy atom. The average Bonchev–Trinajstić information content (AvgIpc) is 3.46. The predicted molar refractivity (Wildman–Crippen MR) is 109 cm³/mol. The fraction of sp³-hybridized carbons (Fsp3) is 0.190. The van der Waals surface area contributed by atoms with E-state index < -0.39 is 17.2 Å². The first-order valence-electron chi connectivity index (χ1n) is 8.99. The van der Waals surface area contributed by atoms with Gasteiger partial charge in [0.25, 0.3) is 11.1 Å². The number of carbonyl (C=O) groups is 3. The lowest BCUT2D eigenvalue weighted by Gasteiger charge is -2.17. The molecule has 29 heavy (non-hydrogen) atoms. The van der Waals surface area contributed by atoms with E-state index in [2.05, 4.69) is 6.58 Å². The zero-order chi connectivity index (χ0) is 20.4. The van der Waals surface area contributed by atoms with Crippen molar-refractivity contribution in [2.75, 3.05) is 18.1 Å². The Balaban J connectivity index is 1.33. The summed E-state index contributed by atoms with van der Waals surface area (Å²) >= 11 is 0.803. The van der Waals surface area contributed by atoms with Crippen LogP contribution in [0.15, 0.2) is 66.1 Å². The van der Waals surface area contributed by atoms with E-state index in [1.807, 2.05) is 30.3 Å². The van der Waals surface area contributed by atoms with Gasteiger partial charge in [-0.3, -0.25) is 14.5 Å². The van der Waals surface area contributed by atoms with Crippen LogP contribution in [-0.2, 0) is 16.1 Å². The molecule has 2 heterocycles. The fourth-order valence-corrected chi connectivity index (χ4v) is 3.57. The zero-order valence-electron chi connectivity index (χ0n) is 15.4. The molecule has 0 unspecified atom stereocenters. The lowest BCUT2D eigenvalue weighted by atomic mass is 10.2. The van der Waals surface area contributed by atoms with Crippen molar-refractivity contribution >= 4 is 34.7 Å². The molecule has 2 aliphatic heterocycles. The van der Waals surface area contributed by atoms with Crippen molar-refractivity contribution in [1.29, 1.82) is 0 Å². The van der Waals surface area contributed by atoms with E-state index in [0.717, 1.165) is 22.2 Å². The molecule has 4 rings (SSSR count). The van der Waals surface area contributed by atoms with Crippen molar-refractivity contribution < 1.29 is 23.9 Å². The topological polar surface area (TPSA) is 75.9 Å². The Hall–Kier alpha value is -3.26. The number of imide groups is 1. The Labute approximate surface area is 171 Å². The normalized spacial score (nSPS) is 18.2. The first-order chi connectivity index (χ1) is 14.0. The number of carbonyl (C=O) groups excluding carboxylic acids is 3. The summed E-state index contributed by atoms with van der Waals surface area (Å²) < 4.78 is 11.1. The predicted octanol–water partition coefficient (Wildman–Crippen LogP) is 3.80. The minimum absolute atomic E-state index is 0.111. The molecule has 7 nitrogen and oxygen atoms in total. The van der Waals surface area contributed by atoms with Gasteiger partial charge in [-0.15, -0.1) is 0 Å². The summed E-state index contributed by atoms with van der Waals surface area (Å²) in [6.07, 6.45) is -0.395. The van der Waals surface area contributed by atoms with Crippen LogP contribution in [0.1, 0.15) is 5.56 Å². The molecule has 0 N–H and O–H groups in total. The van der Waals surface area contributed by atoms with E-state index in [1.54, 1.807) is 29.2 Å². The number of nitrogens with zero attached hydrogens (tertiary/aromatic N) is 2. The molecule has 0 bridgehead atoms. The average molecular weight is 410 g/mol. The van der Waals surface area contributed by atoms with Crippen LogP contribution in [0.5, 0.6) is 5.75 Å². The third-order valence-corrected chi connectivity index (χ3v) is 5.30. The summed E-state index contributed by atoms with van der Waals surface area (Å²) in [6, 6.07) is 16.1. The van der Waals surface area contributed by atoms with Crippen LogP contribution in [0.3, 0.4) is 0 Å². The molecular weight excluding hydrogens is 392 g/mol. The van der Waals surface area contributed by atoms with Gasteiger partial charge in [-0.1, -0.05) is 49.0 Å². The first kappa shape index (κ1) is 19.1. The molecule has 2 saturated heterocycles. The molecule has 3 amide bonds. The molecule has 2 fully saturated rings. The second-order valence-corrected chi connectivity index (χ2v) is 7.60. The number of hydrogen-bond donors (Lipinski definition) is 0. The molecule has 0 aromatic heterocycles. The highest BCUT2D eigenvalue weighted by Crippen LogP contribution is 2.38. The number of benzene rings is 2. The van der Waals surface area contributed by atoms with Crippen LogP contribution >= 0.6 is 11.8 Å². The molecule has 2 aromatic carbocycles.